The number of nitrogens with zero attached hydrogens (tertiary/aromatic N) is 2. The molecule has 3 aromatic rings. The number of imidazole rings is 1. The highest BCUT2D eigenvalue weighted by Crippen LogP contribution is 2.30. The lowest BCUT2D eigenvalue weighted by Gasteiger charge is -2.07. The molecule has 2 aromatic heterocycles. The third kappa shape index (κ3) is 2.09. The standard InChI is InChI=1S/C15H17N3OS/c1-10-9-11(3-4-13(10)19-2)14-12(5-6-16)18-7-8-20-15(18)17-14/h3-4,7-9H,5-6,16H2,1-2H3. The summed E-state index contributed by atoms with van der Waals surface area (Å²) in [4.78, 5) is 5.75. The van der Waals surface area contributed by atoms with Gasteiger partial charge in [-0.2, -0.15) is 0 Å². The Kier molecular flexibility index (Phi) is 3.46. The molecule has 3 rings (SSSR count). The molecule has 0 saturated carbocycles. The Morgan fingerprint density at radius 2 is 2.25 bits per heavy atom. The Hall–Kier alpha value is -1.85. The van der Waals surface area contributed by atoms with Crippen molar-refractivity contribution in [1.82, 2.24) is 9.38 Å². The van der Waals surface area contributed by atoms with Crippen LogP contribution in [-0.4, -0.2) is 23.0 Å². The third-order valence-corrected chi connectivity index (χ3v) is 4.17. The average molecular weight is 287 g/mol. The lowest BCUT2D eigenvalue weighted by Crippen LogP contribution is -2.05. The van der Waals surface area contributed by atoms with Gasteiger partial charge in [0.25, 0.3) is 0 Å². The van der Waals surface area contributed by atoms with Crippen LogP contribution in [0.4, 0.5) is 0 Å². The summed E-state index contributed by atoms with van der Waals surface area (Å²) < 4.78 is 7.45. The van der Waals surface area contributed by atoms with Crippen molar-refractivity contribution in [2.45, 2.75) is 13.3 Å². The summed E-state index contributed by atoms with van der Waals surface area (Å²) in [5, 5.41) is 2.05. The second-order valence-corrected chi connectivity index (χ2v) is 5.56. The number of methoxy groups -OCH3 is 1. The monoisotopic (exact) mass is 287 g/mol. The van der Waals surface area contributed by atoms with E-state index in [1.807, 2.05) is 18.4 Å². The summed E-state index contributed by atoms with van der Waals surface area (Å²) in [6.07, 6.45) is 2.87. The van der Waals surface area contributed by atoms with Crippen LogP contribution >= 0.6 is 11.3 Å². The minimum atomic E-state index is 0.617. The Balaban J connectivity index is 2.15. The molecule has 2 N–H and O–H groups in total. The van der Waals surface area contributed by atoms with Crippen molar-refractivity contribution in [2.75, 3.05) is 13.7 Å². The van der Waals surface area contributed by atoms with E-state index in [4.69, 9.17) is 15.5 Å². The summed E-state index contributed by atoms with van der Waals surface area (Å²) in [7, 11) is 1.69. The predicted molar refractivity (Wildman–Crippen MR) is 82.6 cm³/mol. The van der Waals surface area contributed by atoms with E-state index < -0.39 is 0 Å². The molecule has 4 nitrogen and oxygen atoms in total. The first-order valence-electron chi connectivity index (χ1n) is 6.54. The molecule has 1 aromatic carbocycles. The van der Waals surface area contributed by atoms with Gasteiger partial charge >= 0.3 is 0 Å². The zero-order chi connectivity index (χ0) is 14.1. The van der Waals surface area contributed by atoms with Gasteiger partial charge in [-0.25, -0.2) is 4.98 Å². The van der Waals surface area contributed by atoms with Gasteiger partial charge in [0.1, 0.15) is 5.75 Å². The molecule has 0 atom stereocenters. The highest BCUT2D eigenvalue weighted by Gasteiger charge is 2.15. The quantitative estimate of drug-likeness (QED) is 0.802. The highest BCUT2D eigenvalue weighted by atomic mass is 32.1. The number of aryl methyl sites for hydroxylation is 1. The van der Waals surface area contributed by atoms with Gasteiger partial charge in [0.15, 0.2) is 4.96 Å². The first-order chi connectivity index (χ1) is 9.74. The van der Waals surface area contributed by atoms with E-state index in [2.05, 4.69) is 22.7 Å². The zero-order valence-corrected chi connectivity index (χ0v) is 12.4. The van der Waals surface area contributed by atoms with Gasteiger partial charge in [-0.05, 0) is 37.2 Å². The minimum Gasteiger partial charge on any atom is -0.496 e. The van der Waals surface area contributed by atoms with Crippen molar-refractivity contribution >= 4 is 16.3 Å². The van der Waals surface area contributed by atoms with Crippen LogP contribution in [0.25, 0.3) is 16.2 Å². The van der Waals surface area contributed by atoms with E-state index in [1.54, 1.807) is 18.4 Å². The van der Waals surface area contributed by atoms with Crippen LogP contribution in [-0.2, 0) is 6.42 Å². The minimum absolute atomic E-state index is 0.617. The smallest absolute Gasteiger partial charge is 0.194 e. The maximum atomic E-state index is 5.74. The van der Waals surface area contributed by atoms with Crippen molar-refractivity contribution in [3.63, 3.8) is 0 Å². The molecule has 104 valence electrons. The number of fused-ring (bicyclic) bond motifs is 1. The van der Waals surface area contributed by atoms with Gasteiger partial charge < -0.3 is 10.5 Å². The summed E-state index contributed by atoms with van der Waals surface area (Å²) >= 11 is 1.64. The van der Waals surface area contributed by atoms with Crippen LogP contribution in [0.5, 0.6) is 5.75 Å². The molecule has 20 heavy (non-hydrogen) atoms. The first kappa shape index (κ1) is 13.1. The number of ether oxygens (including phenoxy) is 1. The molecular weight excluding hydrogens is 270 g/mol. The number of benzene rings is 1. The summed E-state index contributed by atoms with van der Waals surface area (Å²) in [5.74, 6) is 0.898. The average Bonchev–Trinajstić information content (AvgIpc) is 3.01. The van der Waals surface area contributed by atoms with Crippen molar-refractivity contribution in [2.24, 2.45) is 5.73 Å². The van der Waals surface area contributed by atoms with E-state index in [1.165, 1.54) is 5.69 Å². The molecule has 0 spiro atoms. The Labute approximate surface area is 121 Å². The number of hydrogen-bond donors (Lipinski definition) is 1. The molecule has 0 unspecified atom stereocenters. The van der Waals surface area contributed by atoms with Crippen molar-refractivity contribution in [3.05, 3.63) is 41.0 Å². The van der Waals surface area contributed by atoms with Gasteiger partial charge in [-0.3, -0.25) is 4.40 Å². The molecular formula is C15H17N3OS. The normalized spacial score (nSPS) is 11.2. The molecule has 0 aliphatic rings. The first-order valence-corrected chi connectivity index (χ1v) is 7.42. The number of rotatable bonds is 4. The van der Waals surface area contributed by atoms with E-state index in [0.29, 0.717) is 6.54 Å². The van der Waals surface area contributed by atoms with Crippen molar-refractivity contribution in [3.8, 4) is 17.0 Å². The number of nitrogens with two attached hydrogens (primary N) is 1. The second-order valence-electron chi connectivity index (χ2n) is 4.69. The second kappa shape index (κ2) is 5.26. The van der Waals surface area contributed by atoms with E-state index in [9.17, 15) is 0 Å². The Bertz CT molecular complexity index is 745. The van der Waals surface area contributed by atoms with Crippen LogP contribution in [0, 0.1) is 6.92 Å². The van der Waals surface area contributed by atoms with Crippen LogP contribution in [0.15, 0.2) is 29.8 Å². The summed E-state index contributed by atoms with van der Waals surface area (Å²) in [6, 6.07) is 6.16. The fourth-order valence-electron chi connectivity index (χ4n) is 2.47. The fourth-order valence-corrected chi connectivity index (χ4v) is 3.20. The fraction of sp³-hybridized carbons (Fsp3) is 0.267. The number of aromatic nitrogens is 2. The van der Waals surface area contributed by atoms with Gasteiger partial charge in [0.05, 0.1) is 18.5 Å². The van der Waals surface area contributed by atoms with Gasteiger partial charge in [-0.15, -0.1) is 11.3 Å². The van der Waals surface area contributed by atoms with E-state index >= 15 is 0 Å². The summed E-state index contributed by atoms with van der Waals surface area (Å²) in [5.41, 5.74) is 10.2. The van der Waals surface area contributed by atoms with E-state index in [0.717, 1.165) is 34.0 Å². The molecule has 0 aliphatic heterocycles. The van der Waals surface area contributed by atoms with Crippen LogP contribution < -0.4 is 10.5 Å². The molecule has 0 aliphatic carbocycles. The Morgan fingerprint density at radius 3 is 2.95 bits per heavy atom. The molecule has 0 bridgehead atoms. The topological polar surface area (TPSA) is 52.5 Å². The predicted octanol–water partition coefficient (Wildman–Crippen LogP) is 2.88. The Morgan fingerprint density at radius 1 is 1.40 bits per heavy atom. The third-order valence-electron chi connectivity index (χ3n) is 3.41. The summed E-state index contributed by atoms with van der Waals surface area (Å²) in [6.45, 7) is 2.66. The number of thiazole rings is 1. The molecule has 0 radical (unpaired) electrons. The maximum absolute atomic E-state index is 5.74. The molecule has 0 amide bonds. The highest BCUT2D eigenvalue weighted by molar-refractivity contribution is 7.15. The lowest BCUT2D eigenvalue weighted by atomic mass is 10.1. The lowest BCUT2D eigenvalue weighted by molar-refractivity contribution is 0.412. The SMILES string of the molecule is COc1ccc(-c2nc3sccn3c2CCN)cc1C. The van der Waals surface area contributed by atoms with Gasteiger partial charge in [0, 0.05) is 23.6 Å². The van der Waals surface area contributed by atoms with Crippen molar-refractivity contribution in [1.29, 1.82) is 0 Å². The molecule has 5 heteroatoms. The van der Waals surface area contributed by atoms with Gasteiger partial charge in [-0.1, -0.05) is 0 Å². The zero-order valence-electron chi connectivity index (χ0n) is 11.6. The van der Waals surface area contributed by atoms with Crippen molar-refractivity contribution < 1.29 is 4.74 Å². The number of hydrogen-bond acceptors (Lipinski definition) is 4. The van der Waals surface area contributed by atoms with Gasteiger partial charge in [0.2, 0.25) is 0 Å². The largest absolute Gasteiger partial charge is 0.496 e. The molecule has 2 heterocycles. The van der Waals surface area contributed by atoms with Crippen LogP contribution in [0.2, 0.25) is 0 Å². The van der Waals surface area contributed by atoms with E-state index in [-0.39, 0.29) is 0 Å². The molecule has 0 fully saturated rings. The maximum Gasteiger partial charge on any atom is 0.194 e. The van der Waals surface area contributed by atoms with Crippen LogP contribution in [0.3, 0.4) is 0 Å². The molecule has 0 saturated heterocycles. The van der Waals surface area contributed by atoms with Crippen LogP contribution in [0.1, 0.15) is 11.3 Å².